The molecule has 0 spiro atoms. The third-order valence-electron chi connectivity index (χ3n) is 3.71. The standard InChI is InChI=1S/C17H16N4O4S/c1-10-7-15(19-16(22)13-9-24-5-6-25-13)21(20-10)17-18-12-4-3-11(23-2)8-14(12)26-17/h3-4,7-9H,5-6H2,1-2H3,(H,19,22). The Morgan fingerprint density at radius 1 is 1.35 bits per heavy atom. The number of aryl methyl sites for hydroxylation is 1. The number of fused-ring (bicyclic) bond motifs is 1. The fourth-order valence-electron chi connectivity index (χ4n) is 2.51. The predicted octanol–water partition coefficient (Wildman–Crippen LogP) is 2.63. The second kappa shape index (κ2) is 6.68. The maximum Gasteiger partial charge on any atom is 0.295 e. The lowest BCUT2D eigenvalue weighted by atomic mass is 10.3. The van der Waals surface area contributed by atoms with Crippen LogP contribution in [0.5, 0.6) is 5.75 Å². The number of benzene rings is 1. The number of methoxy groups -OCH3 is 1. The van der Waals surface area contributed by atoms with Gasteiger partial charge in [0.05, 0.1) is 23.0 Å². The van der Waals surface area contributed by atoms with Gasteiger partial charge in [-0.15, -0.1) is 0 Å². The zero-order valence-corrected chi connectivity index (χ0v) is 15.0. The van der Waals surface area contributed by atoms with Crippen LogP contribution in [-0.2, 0) is 14.3 Å². The first kappa shape index (κ1) is 16.4. The number of nitrogens with zero attached hydrogens (tertiary/aromatic N) is 3. The van der Waals surface area contributed by atoms with Crippen LogP contribution in [0, 0.1) is 6.92 Å². The Morgan fingerprint density at radius 3 is 3.00 bits per heavy atom. The summed E-state index contributed by atoms with van der Waals surface area (Å²) in [5.74, 6) is 1.01. The molecule has 0 radical (unpaired) electrons. The van der Waals surface area contributed by atoms with Gasteiger partial charge in [-0.05, 0) is 25.1 Å². The second-order valence-corrected chi connectivity index (χ2v) is 6.58. The zero-order valence-electron chi connectivity index (χ0n) is 14.2. The highest BCUT2D eigenvalue weighted by Crippen LogP contribution is 2.30. The summed E-state index contributed by atoms with van der Waals surface area (Å²) in [5, 5.41) is 7.89. The summed E-state index contributed by atoms with van der Waals surface area (Å²) in [4.78, 5) is 17.0. The SMILES string of the molecule is COc1ccc2nc(-n3nc(C)cc3NC(=O)C3=COCCO3)sc2c1. The van der Waals surface area contributed by atoms with E-state index in [0.717, 1.165) is 21.7 Å². The fourth-order valence-corrected chi connectivity index (χ4v) is 3.47. The molecule has 1 N–H and O–H groups in total. The molecule has 0 fully saturated rings. The molecule has 134 valence electrons. The highest BCUT2D eigenvalue weighted by molar-refractivity contribution is 7.20. The summed E-state index contributed by atoms with van der Waals surface area (Å²) in [6, 6.07) is 7.44. The van der Waals surface area contributed by atoms with Crippen molar-refractivity contribution in [3.8, 4) is 10.9 Å². The van der Waals surface area contributed by atoms with E-state index in [1.807, 2.05) is 25.1 Å². The van der Waals surface area contributed by atoms with E-state index in [4.69, 9.17) is 14.2 Å². The molecule has 1 aliphatic heterocycles. The summed E-state index contributed by atoms with van der Waals surface area (Å²) < 4.78 is 18.3. The Labute approximate surface area is 153 Å². The third kappa shape index (κ3) is 3.08. The number of rotatable bonds is 4. The van der Waals surface area contributed by atoms with Gasteiger partial charge in [-0.2, -0.15) is 9.78 Å². The number of amides is 1. The van der Waals surface area contributed by atoms with Gasteiger partial charge in [0.1, 0.15) is 31.0 Å². The van der Waals surface area contributed by atoms with E-state index < -0.39 is 5.91 Å². The molecule has 1 aliphatic rings. The van der Waals surface area contributed by atoms with Gasteiger partial charge in [0.15, 0.2) is 0 Å². The van der Waals surface area contributed by atoms with Crippen LogP contribution in [0.15, 0.2) is 36.3 Å². The average Bonchev–Trinajstić information content (AvgIpc) is 3.24. The molecule has 1 amide bonds. The van der Waals surface area contributed by atoms with Crippen molar-refractivity contribution in [3.63, 3.8) is 0 Å². The van der Waals surface area contributed by atoms with Crippen molar-refractivity contribution < 1.29 is 19.0 Å². The molecule has 8 nitrogen and oxygen atoms in total. The molecule has 0 bridgehead atoms. The number of thiazole rings is 1. The molecule has 26 heavy (non-hydrogen) atoms. The summed E-state index contributed by atoms with van der Waals surface area (Å²) in [6.07, 6.45) is 1.32. The van der Waals surface area contributed by atoms with E-state index in [-0.39, 0.29) is 5.76 Å². The normalized spacial score (nSPS) is 13.7. The molecule has 0 atom stereocenters. The van der Waals surface area contributed by atoms with Crippen molar-refractivity contribution in [2.45, 2.75) is 6.92 Å². The van der Waals surface area contributed by atoms with Crippen molar-refractivity contribution in [1.82, 2.24) is 14.8 Å². The van der Waals surface area contributed by atoms with Gasteiger partial charge in [-0.3, -0.25) is 4.79 Å². The Balaban J connectivity index is 1.67. The molecule has 2 aromatic heterocycles. The summed E-state index contributed by atoms with van der Waals surface area (Å²) in [6.45, 7) is 2.63. The Hall–Kier alpha value is -3.07. The molecule has 1 aromatic carbocycles. The molecule has 0 saturated carbocycles. The van der Waals surface area contributed by atoms with Gasteiger partial charge in [0.2, 0.25) is 10.9 Å². The molecule has 0 saturated heterocycles. The van der Waals surface area contributed by atoms with Crippen LogP contribution in [0.25, 0.3) is 15.3 Å². The van der Waals surface area contributed by atoms with Crippen LogP contribution < -0.4 is 10.1 Å². The minimum Gasteiger partial charge on any atom is -0.497 e. The number of aromatic nitrogens is 3. The third-order valence-corrected chi connectivity index (χ3v) is 4.71. The largest absolute Gasteiger partial charge is 0.497 e. The van der Waals surface area contributed by atoms with Crippen molar-refractivity contribution >= 4 is 33.3 Å². The summed E-state index contributed by atoms with van der Waals surface area (Å²) in [7, 11) is 1.62. The molecule has 3 heterocycles. The van der Waals surface area contributed by atoms with E-state index in [2.05, 4.69) is 15.4 Å². The zero-order chi connectivity index (χ0) is 18.1. The van der Waals surface area contributed by atoms with E-state index in [1.54, 1.807) is 17.9 Å². The first-order chi connectivity index (χ1) is 12.6. The number of hydrogen-bond donors (Lipinski definition) is 1. The van der Waals surface area contributed by atoms with Crippen LogP contribution in [0.3, 0.4) is 0 Å². The van der Waals surface area contributed by atoms with Gasteiger partial charge in [0.25, 0.3) is 5.91 Å². The Bertz CT molecular complexity index is 1010. The summed E-state index contributed by atoms with van der Waals surface area (Å²) in [5.41, 5.74) is 1.59. The van der Waals surface area contributed by atoms with Crippen LogP contribution in [0.4, 0.5) is 5.82 Å². The monoisotopic (exact) mass is 372 g/mol. The first-order valence-corrected chi connectivity index (χ1v) is 8.73. The highest BCUT2D eigenvalue weighted by Gasteiger charge is 2.19. The minimum atomic E-state index is -0.395. The number of anilines is 1. The maximum atomic E-state index is 12.4. The number of ether oxygens (including phenoxy) is 3. The highest BCUT2D eigenvalue weighted by atomic mass is 32.1. The van der Waals surface area contributed by atoms with Crippen molar-refractivity contribution in [3.05, 3.63) is 42.0 Å². The molecule has 0 aliphatic carbocycles. The number of hydrogen-bond acceptors (Lipinski definition) is 7. The van der Waals surface area contributed by atoms with Crippen LogP contribution in [0.2, 0.25) is 0 Å². The number of nitrogens with one attached hydrogen (secondary N) is 1. The lowest BCUT2D eigenvalue weighted by Gasteiger charge is -2.15. The van der Waals surface area contributed by atoms with Gasteiger partial charge in [-0.1, -0.05) is 11.3 Å². The van der Waals surface area contributed by atoms with E-state index in [0.29, 0.717) is 24.2 Å². The quantitative estimate of drug-likeness (QED) is 0.757. The van der Waals surface area contributed by atoms with Gasteiger partial charge < -0.3 is 19.5 Å². The maximum absolute atomic E-state index is 12.4. The van der Waals surface area contributed by atoms with Crippen LogP contribution in [-0.4, -0.2) is 41.0 Å². The first-order valence-electron chi connectivity index (χ1n) is 7.91. The Morgan fingerprint density at radius 2 is 2.23 bits per heavy atom. The molecule has 0 unspecified atom stereocenters. The molecular weight excluding hydrogens is 356 g/mol. The fraction of sp³-hybridized carbons (Fsp3) is 0.235. The summed E-state index contributed by atoms with van der Waals surface area (Å²) >= 11 is 1.46. The van der Waals surface area contributed by atoms with Gasteiger partial charge in [0, 0.05) is 6.07 Å². The smallest absolute Gasteiger partial charge is 0.295 e. The van der Waals surface area contributed by atoms with Crippen molar-refractivity contribution in [2.24, 2.45) is 0 Å². The average molecular weight is 372 g/mol. The van der Waals surface area contributed by atoms with E-state index >= 15 is 0 Å². The number of carbonyl (C=O) groups is 1. The van der Waals surface area contributed by atoms with Crippen LogP contribution in [0.1, 0.15) is 5.69 Å². The minimum absolute atomic E-state index is 0.135. The van der Waals surface area contributed by atoms with E-state index in [1.165, 1.54) is 17.6 Å². The van der Waals surface area contributed by atoms with Crippen molar-refractivity contribution in [1.29, 1.82) is 0 Å². The topological polar surface area (TPSA) is 87.5 Å². The molecule has 3 aromatic rings. The lowest BCUT2D eigenvalue weighted by molar-refractivity contribution is -0.117. The number of carbonyl (C=O) groups excluding carboxylic acids is 1. The predicted molar refractivity (Wildman–Crippen MR) is 96.6 cm³/mol. The second-order valence-electron chi connectivity index (χ2n) is 5.57. The Kier molecular flexibility index (Phi) is 4.21. The van der Waals surface area contributed by atoms with Crippen molar-refractivity contribution in [2.75, 3.05) is 25.6 Å². The van der Waals surface area contributed by atoms with E-state index in [9.17, 15) is 4.79 Å². The van der Waals surface area contributed by atoms with Gasteiger partial charge in [-0.25, -0.2) is 4.98 Å². The molecule has 9 heteroatoms. The molecule has 4 rings (SSSR count). The van der Waals surface area contributed by atoms with Crippen LogP contribution >= 0.6 is 11.3 Å². The lowest BCUT2D eigenvalue weighted by Crippen LogP contribution is -2.22. The van der Waals surface area contributed by atoms with Gasteiger partial charge >= 0.3 is 0 Å². The molecular formula is C17H16N4O4S.